The van der Waals surface area contributed by atoms with Gasteiger partial charge in [0, 0.05) is 12.1 Å². The number of carbonyl (C=O) groups excluding carboxylic acids is 1. The van der Waals surface area contributed by atoms with Crippen molar-refractivity contribution < 1.29 is 14.7 Å². The first-order chi connectivity index (χ1) is 11.5. The van der Waals surface area contributed by atoms with Crippen molar-refractivity contribution in [3.05, 3.63) is 71.3 Å². The molecule has 1 amide bonds. The van der Waals surface area contributed by atoms with Crippen LogP contribution in [-0.2, 0) is 11.3 Å². The molecule has 0 bridgehead atoms. The lowest BCUT2D eigenvalue weighted by molar-refractivity contribution is -0.143. The maximum atomic E-state index is 13.1. The van der Waals surface area contributed by atoms with Crippen LogP contribution in [0.5, 0.6) is 0 Å². The molecule has 1 aliphatic rings. The smallest absolute Gasteiger partial charge is 0.313 e. The van der Waals surface area contributed by atoms with E-state index in [-0.39, 0.29) is 5.91 Å². The molecule has 2 aromatic carbocycles. The van der Waals surface area contributed by atoms with Crippen LogP contribution in [0.1, 0.15) is 47.7 Å². The van der Waals surface area contributed by atoms with Gasteiger partial charge in [-0.2, -0.15) is 0 Å². The van der Waals surface area contributed by atoms with Gasteiger partial charge in [0.2, 0.25) is 0 Å². The van der Waals surface area contributed by atoms with E-state index in [0.717, 1.165) is 5.56 Å². The highest BCUT2D eigenvalue weighted by Crippen LogP contribution is 2.43. The van der Waals surface area contributed by atoms with Crippen LogP contribution >= 0.6 is 0 Å². The van der Waals surface area contributed by atoms with Crippen molar-refractivity contribution in [2.45, 2.75) is 38.3 Å². The fourth-order valence-electron chi connectivity index (χ4n) is 3.62. The SMILES string of the molecule is CCC1(C)C(C(=O)O)c2ccccc2C(=O)N1Cc1ccccc1. The molecule has 0 spiro atoms. The zero-order chi connectivity index (χ0) is 17.3. The second-order valence-corrected chi connectivity index (χ2v) is 6.45. The lowest BCUT2D eigenvalue weighted by Gasteiger charge is -2.48. The minimum atomic E-state index is -0.891. The van der Waals surface area contributed by atoms with Crippen molar-refractivity contribution in [1.29, 1.82) is 0 Å². The topological polar surface area (TPSA) is 57.6 Å². The minimum absolute atomic E-state index is 0.101. The summed E-state index contributed by atoms with van der Waals surface area (Å²) in [6, 6.07) is 16.8. The van der Waals surface area contributed by atoms with E-state index in [0.29, 0.717) is 24.1 Å². The van der Waals surface area contributed by atoms with Gasteiger partial charge in [-0.1, -0.05) is 55.5 Å². The lowest BCUT2D eigenvalue weighted by atomic mass is 9.72. The summed E-state index contributed by atoms with van der Waals surface area (Å²) in [5, 5.41) is 9.88. The van der Waals surface area contributed by atoms with Crippen molar-refractivity contribution in [3.63, 3.8) is 0 Å². The van der Waals surface area contributed by atoms with Crippen LogP contribution in [0.3, 0.4) is 0 Å². The van der Waals surface area contributed by atoms with E-state index in [4.69, 9.17) is 0 Å². The molecule has 2 atom stereocenters. The summed E-state index contributed by atoms with van der Waals surface area (Å²) in [4.78, 5) is 26.9. The van der Waals surface area contributed by atoms with Gasteiger partial charge >= 0.3 is 5.97 Å². The number of carboxylic acid groups (broad SMARTS) is 1. The summed E-state index contributed by atoms with van der Waals surface area (Å²) in [5.74, 6) is -1.73. The van der Waals surface area contributed by atoms with E-state index < -0.39 is 17.4 Å². The quantitative estimate of drug-likeness (QED) is 0.934. The monoisotopic (exact) mass is 323 g/mol. The van der Waals surface area contributed by atoms with E-state index in [1.807, 2.05) is 44.2 Å². The van der Waals surface area contributed by atoms with Crippen LogP contribution in [0.15, 0.2) is 54.6 Å². The molecule has 3 rings (SSSR count). The molecule has 1 heterocycles. The molecule has 4 heteroatoms. The molecule has 4 nitrogen and oxygen atoms in total. The third kappa shape index (κ3) is 2.48. The zero-order valence-electron chi connectivity index (χ0n) is 13.9. The Morgan fingerprint density at radius 2 is 1.75 bits per heavy atom. The van der Waals surface area contributed by atoms with Gasteiger partial charge < -0.3 is 10.0 Å². The Labute approximate surface area is 141 Å². The van der Waals surface area contributed by atoms with Crippen molar-refractivity contribution >= 4 is 11.9 Å². The lowest BCUT2D eigenvalue weighted by Crippen LogP contribution is -2.58. The average Bonchev–Trinajstić information content (AvgIpc) is 2.59. The van der Waals surface area contributed by atoms with Crippen molar-refractivity contribution in [2.24, 2.45) is 0 Å². The molecule has 0 saturated heterocycles. The van der Waals surface area contributed by atoms with Crippen LogP contribution in [0, 0.1) is 0 Å². The average molecular weight is 323 g/mol. The first-order valence-electron chi connectivity index (χ1n) is 8.16. The maximum absolute atomic E-state index is 13.1. The largest absolute Gasteiger partial charge is 0.481 e. The number of aliphatic carboxylic acids is 1. The number of benzene rings is 2. The fraction of sp³-hybridized carbons (Fsp3) is 0.300. The first kappa shape index (κ1) is 16.2. The van der Waals surface area contributed by atoms with Gasteiger partial charge in [0.05, 0.1) is 5.54 Å². The predicted molar refractivity (Wildman–Crippen MR) is 91.8 cm³/mol. The highest BCUT2D eigenvalue weighted by molar-refractivity contribution is 6.00. The Bertz CT molecular complexity index is 771. The third-order valence-corrected chi connectivity index (χ3v) is 5.13. The number of carboxylic acids is 1. The van der Waals surface area contributed by atoms with Gasteiger partial charge in [0.25, 0.3) is 5.91 Å². The summed E-state index contributed by atoms with van der Waals surface area (Å²) in [7, 11) is 0. The molecule has 124 valence electrons. The molecule has 0 saturated carbocycles. The third-order valence-electron chi connectivity index (χ3n) is 5.13. The zero-order valence-corrected chi connectivity index (χ0v) is 13.9. The number of amides is 1. The van der Waals surface area contributed by atoms with Crippen LogP contribution < -0.4 is 0 Å². The Morgan fingerprint density at radius 3 is 2.38 bits per heavy atom. The van der Waals surface area contributed by atoms with Gasteiger partial charge in [0.15, 0.2) is 0 Å². The van der Waals surface area contributed by atoms with Crippen molar-refractivity contribution in [3.8, 4) is 0 Å². The molecular weight excluding hydrogens is 302 g/mol. The first-order valence-corrected chi connectivity index (χ1v) is 8.16. The molecule has 0 fully saturated rings. The Balaban J connectivity index is 2.14. The van der Waals surface area contributed by atoms with E-state index in [1.54, 1.807) is 29.2 Å². The van der Waals surface area contributed by atoms with Crippen molar-refractivity contribution in [1.82, 2.24) is 4.90 Å². The van der Waals surface area contributed by atoms with Crippen molar-refractivity contribution in [2.75, 3.05) is 0 Å². The second-order valence-electron chi connectivity index (χ2n) is 6.45. The number of fused-ring (bicyclic) bond motifs is 1. The Hall–Kier alpha value is -2.62. The summed E-state index contributed by atoms with van der Waals surface area (Å²) >= 11 is 0. The van der Waals surface area contributed by atoms with Crippen LogP contribution in [0.25, 0.3) is 0 Å². The van der Waals surface area contributed by atoms with E-state index in [1.165, 1.54) is 0 Å². The highest BCUT2D eigenvalue weighted by atomic mass is 16.4. The summed E-state index contributed by atoms with van der Waals surface area (Å²) in [5.41, 5.74) is 1.33. The number of hydrogen-bond donors (Lipinski definition) is 1. The van der Waals surface area contributed by atoms with Crippen LogP contribution in [0.4, 0.5) is 0 Å². The summed E-state index contributed by atoms with van der Waals surface area (Å²) in [6.45, 7) is 4.22. The minimum Gasteiger partial charge on any atom is -0.481 e. The van der Waals surface area contributed by atoms with Crippen LogP contribution in [0.2, 0.25) is 0 Å². The molecule has 1 N–H and O–H groups in total. The molecular formula is C20H21NO3. The van der Waals surface area contributed by atoms with E-state index in [9.17, 15) is 14.7 Å². The molecule has 24 heavy (non-hydrogen) atoms. The summed E-state index contributed by atoms with van der Waals surface area (Å²) < 4.78 is 0. The molecule has 0 aliphatic carbocycles. The van der Waals surface area contributed by atoms with Gasteiger partial charge in [-0.15, -0.1) is 0 Å². The second kappa shape index (κ2) is 6.11. The number of hydrogen-bond acceptors (Lipinski definition) is 2. The summed E-state index contributed by atoms with van der Waals surface area (Å²) in [6.07, 6.45) is 0.566. The molecule has 0 radical (unpaired) electrons. The Morgan fingerprint density at radius 1 is 1.12 bits per heavy atom. The molecule has 2 unspecified atom stereocenters. The normalized spacial score (nSPS) is 23.0. The number of carbonyl (C=O) groups is 2. The standard InChI is InChI=1S/C20H21NO3/c1-3-20(2)17(19(23)24)15-11-7-8-12-16(15)18(22)21(20)13-14-9-5-4-6-10-14/h4-12,17H,3,13H2,1-2H3,(H,23,24). The van der Waals surface area contributed by atoms with E-state index in [2.05, 4.69) is 0 Å². The van der Waals surface area contributed by atoms with Crippen LogP contribution in [-0.4, -0.2) is 27.4 Å². The van der Waals surface area contributed by atoms with E-state index >= 15 is 0 Å². The molecule has 2 aromatic rings. The predicted octanol–water partition coefficient (Wildman–Crippen LogP) is 3.68. The fourth-order valence-corrected chi connectivity index (χ4v) is 3.62. The Kier molecular flexibility index (Phi) is 4.14. The van der Waals surface area contributed by atoms with Gasteiger partial charge in [0.1, 0.15) is 5.92 Å². The van der Waals surface area contributed by atoms with Gasteiger partial charge in [-0.3, -0.25) is 9.59 Å². The number of rotatable bonds is 4. The van der Waals surface area contributed by atoms with Gasteiger partial charge in [-0.05, 0) is 30.5 Å². The highest BCUT2D eigenvalue weighted by Gasteiger charge is 2.50. The van der Waals surface area contributed by atoms with Gasteiger partial charge in [-0.25, -0.2) is 0 Å². The molecule has 0 aromatic heterocycles. The molecule has 1 aliphatic heterocycles. The number of nitrogens with zero attached hydrogens (tertiary/aromatic N) is 1. The maximum Gasteiger partial charge on any atom is 0.313 e.